The maximum atomic E-state index is 2.61. The second-order valence-corrected chi connectivity index (χ2v) is 10.9. The molecule has 200 valence electrons. The van der Waals surface area contributed by atoms with E-state index in [1.165, 1.54) is 147 Å². The Morgan fingerprint density at radius 2 is 0.971 bits per heavy atom. The van der Waals surface area contributed by atoms with Crippen molar-refractivity contribution in [2.75, 3.05) is 11.4 Å². The first-order valence-corrected chi connectivity index (χ1v) is 15.6. The van der Waals surface area contributed by atoms with E-state index in [4.69, 9.17) is 0 Å². The van der Waals surface area contributed by atoms with Crippen LogP contribution in [-0.2, 0) is 0 Å². The molecule has 1 aliphatic heterocycles. The van der Waals surface area contributed by atoms with Crippen molar-refractivity contribution in [3.63, 3.8) is 0 Å². The molecule has 0 bridgehead atoms. The van der Waals surface area contributed by atoms with Gasteiger partial charge in [-0.25, -0.2) is 0 Å². The van der Waals surface area contributed by atoms with Gasteiger partial charge in [0.1, 0.15) is 6.17 Å². The average Bonchev–Trinajstić information content (AvgIpc) is 3.29. The van der Waals surface area contributed by atoms with E-state index in [2.05, 4.69) is 66.4 Å². The first-order valence-electron chi connectivity index (χ1n) is 15.6. The summed E-state index contributed by atoms with van der Waals surface area (Å²) in [5.74, 6) is 0. The van der Waals surface area contributed by atoms with E-state index in [9.17, 15) is 0 Å². The highest BCUT2D eigenvalue weighted by molar-refractivity contribution is 5.51. The van der Waals surface area contributed by atoms with Gasteiger partial charge >= 0.3 is 0 Å². The van der Waals surface area contributed by atoms with Crippen LogP contribution >= 0.6 is 0 Å². The number of rotatable bonds is 23. The molecule has 0 saturated heterocycles. The summed E-state index contributed by atoms with van der Waals surface area (Å²) < 4.78 is 0. The molecular formula is C33H58N2. The van der Waals surface area contributed by atoms with Crippen molar-refractivity contribution >= 4 is 5.69 Å². The summed E-state index contributed by atoms with van der Waals surface area (Å²) in [5.41, 5.74) is 1.34. The summed E-state index contributed by atoms with van der Waals surface area (Å²) in [7, 11) is 0. The Labute approximate surface area is 219 Å². The number of nitrogens with zero attached hydrogens (tertiary/aromatic N) is 2. The minimum atomic E-state index is 0.505. The van der Waals surface area contributed by atoms with Crippen LogP contribution in [0.2, 0.25) is 0 Å². The average molecular weight is 483 g/mol. The quantitative estimate of drug-likeness (QED) is 0.143. The molecule has 0 saturated carbocycles. The summed E-state index contributed by atoms with van der Waals surface area (Å²) in [6.45, 7) is 5.80. The van der Waals surface area contributed by atoms with Gasteiger partial charge in [-0.3, -0.25) is 0 Å². The number of hydrogen-bond acceptors (Lipinski definition) is 2. The maximum Gasteiger partial charge on any atom is 0.105 e. The molecule has 1 aromatic carbocycles. The zero-order valence-corrected chi connectivity index (χ0v) is 23.6. The van der Waals surface area contributed by atoms with Crippen LogP contribution in [0.1, 0.15) is 149 Å². The van der Waals surface area contributed by atoms with Crippen LogP contribution in [0.3, 0.4) is 0 Å². The topological polar surface area (TPSA) is 6.48 Å². The van der Waals surface area contributed by atoms with Crippen LogP contribution in [0, 0.1) is 0 Å². The molecule has 1 aliphatic rings. The Kier molecular flexibility index (Phi) is 17.6. The fourth-order valence-electron chi connectivity index (χ4n) is 5.50. The fourth-order valence-corrected chi connectivity index (χ4v) is 5.50. The first-order chi connectivity index (χ1) is 17.4. The van der Waals surface area contributed by atoms with Crippen molar-refractivity contribution in [3.8, 4) is 0 Å². The minimum absolute atomic E-state index is 0.505. The number of hydrogen-bond donors (Lipinski definition) is 0. The lowest BCUT2D eigenvalue weighted by Crippen LogP contribution is -2.39. The second-order valence-electron chi connectivity index (χ2n) is 10.9. The zero-order valence-electron chi connectivity index (χ0n) is 23.6. The van der Waals surface area contributed by atoms with Gasteiger partial charge < -0.3 is 9.80 Å². The van der Waals surface area contributed by atoms with Crippen LogP contribution in [0.4, 0.5) is 5.69 Å². The zero-order chi connectivity index (χ0) is 24.8. The number of benzene rings is 1. The van der Waals surface area contributed by atoms with Crippen LogP contribution in [0.15, 0.2) is 42.7 Å². The van der Waals surface area contributed by atoms with Crippen LogP contribution < -0.4 is 4.90 Å². The number of anilines is 1. The van der Waals surface area contributed by atoms with Gasteiger partial charge in [-0.05, 0) is 31.4 Å². The highest BCUT2D eigenvalue weighted by Crippen LogP contribution is 2.28. The van der Waals surface area contributed by atoms with E-state index in [1.54, 1.807) is 0 Å². The molecule has 0 aliphatic carbocycles. The van der Waals surface area contributed by atoms with E-state index in [0.29, 0.717) is 6.17 Å². The Balaban J connectivity index is 1.55. The lowest BCUT2D eigenvalue weighted by atomic mass is 10.0. The maximum absolute atomic E-state index is 2.61. The molecular weight excluding hydrogens is 424 g/mol. The molecule has 0 amide bonds. The molecule has 1 unspecified atom stereocenters. The summed E-state index contributed by atoms with van der Waals surface area (Å²) in [6, 6.07) is 11.0. The van der Waals surface area contributed by atoms with E-state index >= 15 is 0 Å². The summed E-state index contributed by atoms with van der Waals surface area (Å²) >= 11 is 0. The second kappa shape index (κ2) is 20.7. The molecule has 2 nitrogen and oxygen atoms in total. The predicted octanol–water partition coefficient (Wildman–Crippen LogP) is 10.8. The molecule has 0 aromatic heterocycles. The molecule has 0 fully saturated rings. The van der Waals surface area contributed by atoms with Gasteiger partial charge in [0, 0.05) is 24.6 Å². The van der Waals surface area contributed by atoms with E-state index in [1.807, 2.05) is 0 Å². The molecule has 0 spiro atoms. The summed E-state index contributed by atoms with van der Waals surface area (Å²) in [5, 5.41) is 0. The predicted molar refractivity (Wildman–Crippen MR) is 157 cm³/mol. The van der Waals surface area contributed by atoms with E-state index < -0.39 is 0 Å². The van der Waals surface area contributed by atoms with E-state index in [-0.39, 0.29) is 0 Å². The molecule has 2 heteroatoms. The lowest BCUT2D eigenvalue weighted by Gasteiger charge is -2.33. The third-order valence-electron chi connectivity index (χ3n) is 7.76. The Morgan fingerprint density at radius 3 is 1.49 bits per heavy atom. The van der Waals surface area contributed by atoms with Gasteiger partial charge in [0.15, 0.2) is 0 Å². The van der Waals surface area contributed by atoms with E-state index in [0.717, 1.165) is 0 Å². The van der Waals surface area contributed by atoms with Crippen molar-refractivity contribution in [2.45, 2.75) is 155 Å². The standard InChI is InChI=1S/C33H58N2/c1-3-5-7-9-10-11-12-13-14-15-16-17-18-19-24-28-33-34(29-25-20-8-6-4-2)30-31-35(33)32-26-22-21-23-27-32/h21-23,26-27,30-31,33H,3-20,24-25,28-29H2,1-2H3. The van der Waals surface area contributed by atoms with Crippen molar-refractivity contribution in [2.24, 2.45) is 0 Å². The summed E-state index contributed by atoms with van der Waals surface area (Å²) in [4.78, 5) is 5.12. The fraction of sp³-hybridized carbons (Fsp3) is 0.758. The SMILES string of the molecule is CCCCCCCCCCCCCCCCCC1N(CCCCCCC)C=CN1c1ccccc1. The van der Waals surface area contributed by atoms with Crippen molar-refractivity contribution in [1.82, 2.24) is 4.90 Å². The summed E-state index contributed by atoms with van der Waals surface area (Å²) in [6.07, 6.45) is 34.8. The smallest absolute Gasteiger partial charge is 0.105 e. The lowest BCUT2D eigenvalue weighted by molar-refractivity contribution is 0.273. The normalized spacial score (nSPS) is 15.4. The largest absolute Gasteiger partial charge is 0.356 e. The van der Waals surface area contributed by atoms with Crippen LogP contribution in [0.25, 0.3) is 0 Å². The van der Waals surface area contributed by atoms with Gasteiger partial charge in [-0.15, -0.1) is 0 Å². The van der Waals surface area contributed by atoms with Crippen LogP contribution in [0.5, 0.6) is 0 Å². The molecule has 35 heavy (non-hydrogen) atoms. The Hall–Kier alpha value is -1.44. The van der Waals surface area contributed by atoms with Gasteiger partial charge in [0.25, 0.3) is 0 Å². The van der Waals surface area contributed by atoms with Gasteiger partial charge in [0.05, 0.1) is 0 Å². The van der Waals surface area contributed by atoms with Crippen molar-refractivity contribution < 1.29 is 0 Å². The Bertz CT molecular complexity index is 611. The van der Waals surface area contributed by atoms with Gasteiger partial charge in [0.2, 0.25) is 0 Å². The third kappa shape index (κ3) is 13.4. The highest BCUT2D eigenvalue weighted by atomic mass is 15.4. The molecule has 1 atom stereocenters. The van der Waals surface area contributed by atoms with Gasteiger partial charge in [-0.1, -0.05) is 148 Å². The molecule has 2 rings (SSSR count). The van der Waals surface area contributed by atoms with Crippen molar-refractivity contribution in [3.05, 3.63) is 42.7 Å². The molecule has 0 radical (unpaired) electrons. The Morgan fingerprint density at radius 1 is 0.514 bits per heavy atom. The first kappa shape index (κ1) is 29.8. The highest BCUT2D eigenvalue weighted by Gasteiger charge is 2.26. The number of para-hydroxylation sites is 1. The molecule has 0 N–H and O–H groups in total. The van der Waals surface area contributed by atoms with Crippen molar-refractivity contribution in [1.29, 1.82) is 0 Å². The monoisotopic (exact) mass is 482 g/mol. The van der Waals surface area contributed by atoms with Gasteiger partial charge in [-0.2, -0.15) is 0 Å². The van der Waals surface area contributed by atoms with Crippen LogP contribution in [-0.4, -0.2) is 17.6 Å². The molecule has 1 heterocycles. The number of unbranched alkanes of at least 4 members (excludes halogenated alkanes) is 18. The molecule has 1 aromatic rings. The third-order valence-corrected chi connectivity index (χ3v) is 7.76. The minimum Gasteiger partial charge on any atom is -0.356 e.